The maximum Gasteiger partial charge on any atom is 0.425 e. The number of amides is 1. The number of alkyl halides is 3. The minimum Gasteiger partial charge on any atom is -0.382 e. The lowest BCUT2D eigenvalue weighted by atomic mass is 9.90. The van der Waals surface area contributed by atoms with Crippen LogP contribution in [-0.4, -0.2) is 18.0 Å². The predicted molar refractivity (Wildman–Crippen MR) is 124 cm³/mol. The van der Waals surface area contributed by atoms with E-state index < -0.39 is 11.1 Å². The average molecular weight is 472 g/mol. The summed E-state index contributed by atoms with van der Waals surface area (Å²) in [6.07, 6.45) is -1.16. The van der Waals surface area contributed by atoms with Gasteiger partial charge >= 0.3 is 6.18 Å². The second-order valence-corrected chi connectivity index (χ2v) is 9.55. The lowest BCUT2D eigenvalue weighted by Gasteiger charge is -2.30. The van der Waals surface area contributed by atoms with Crippen LogP contribution in [0.2, 0.25) is 0 Å². The van der Waals surface area contributed by atoms with Crippen molar-refractivity contribution in [2.24, 2.45) is 0 Å². The van der Waals surface area contributed by atoms with Crippen LogP contribution >= 0.6 is 11.3 Å². The number of benzene rings is 2. The molecular formula is C25H24F3N3OS. The number of hydrogen-bond donors (Lipinski definition) is 2. The van der Waals surface area contributed by atoms with Gasteiger partial charge in [-0.25, -0.2) is 0 Å². The smallest absolute Gasteiger partial charge is 0.382 e. The van der Waals surface area contributed by atoms with Gasteiger partial charge < -0.3 is 10.6 Å². The summed E-state index contributed by atoms with van der Waals surface area (Å²) in [7, 11) is 0. The number of anilines is 1. The Morgan fingerprint density at radius 2 is 1.79 bits per heavy atom. The van der Waals surface area contributed by atoms with Gasteiger partial charge in [-0.3, -0.25) is 4.79 Å². The molecule has 0 bridgehead atoms. The predicted octanol–water partition coefficient (Wildman–Crippen LogP) is 6.70. The Labute approximate surface area is 194 Å². The number of carbonyl (C=O) groups excluding carboxylic acids is 1. The molecule has 1 unspecified atom stereocenters. The van der Waals surface area contributed by atoms with Crippen molar-refractivity contribution in [2.45, 2.75) is 56.8 Å². The van der Waals surface area contributed by atoms with Crippen LogP contribution < -0.4 is 10.6 Å². The van der Waals surface area contributed by atoms with E-state index >= 15 is 0 Å². The van der Waals surface area contributed by atoms with E-state index in [1.54, 1.807) is 37.3 Å². The zero-order valence-electron chi connectivity index (χ0n) is 18.1. The molecule has 0 saturated heterocycles. The molecule has 4 rings (SSSR count). The van der Waals surface area contributed by atoms with E-state index in [0.717, 1.165) is 48.3 Å². The number of carbonyl (C=O) groups is 1. The lowest BCUT2D eigenvalue weighted by Crippen LogP contribution is -2.40. The Kier molecular flexibility index (Phi) is 6.61. The zero-order chi connectivity index (χ0) is 23.6. The largest absolute Gasteiger partial charge is 0.425 e. The van der Waals surface area contributed by atoms with Crippen LogP contribution in [-0.2, 0) is 6.18 Å². The quantitative estimate of drug-likeness (QED) is 0.435. The van der Waals surface area contributed by atoms with Gasteiger partial charge in [0.05, 0.1) is 12.0 Å². The maximum atomic E-state index is 13.1. The van der Waals surface area contributed by atoms with Gasteiger partial charge in [-0.05, 0) is 68.5 Å². The molecule has 2 aromatic carbocycles. The normalized spacial score (nSPS) is 19.6. The van der Waals surface area contributed by atoms with Crippen LogP contribution in [0.1, 0.15) is 59.3 Å². The highest BCUT2D eigenvalue weighted by Crippen LogP contribution is 2.40. The van der Waals surface area contributed by atoms with Crippen molar-refractivity contribution in [1.29, 1.82) is 5.26 Å². The van der Waals surface area contributed by atoms with Gasteiger partial charge in [0.25, 0.3) is 5.91 Å². The molecule has 8 heteroatoms. The molecule has 172 valence electrons. The van der Waals surface area contributed by atoms with Gasteiger partial charge in [0.2, 0.25) is 0 Å². The highest BCUT2D eigenvalue weighted by molar-refractivity contribution is 7.19. The third-order valence-corrected chi connectivity index (χ3v) is 7.25. The second-order valence-electron chi connectivity index (χ2n) is 8.47. The van der Waals surface area contributed by atoms with Gasteiger partial charge in [-0.2, -0.15) is 18.4 Å². The molecule has 1 amide bonds. The summed E-state index contributed by atoms with van der Waals surface area (Å²) >= 11 is 0.759. The first kappa shape index (κ1) is 23.1. The SMILES string of the molecule is CC(C#N)c1cccc(C(=O)N[C@H]2CC[C@@H](Nc3cccc4sc(C(F)(F)F)cc34)CC2)c1. The van der Waals surface area contributed by atoms with E-state index in [1.165, 1.54) is 6.07 Å². The highest BCUT2D eigenvalue weighted by Gasteiger charge is 2.33. The molecule has 0 radical (unpaired) electrons. The Morgan fingerprint density at radius 3 is 2.48 bits per heavy atom. The van der Waals surface area contributed by atoms with Gasteiger partial charge in [-0.15, -0.1) is 11.3 Å². The summed E-state index contributed by atoms with van der Waals surface area (Å²) in [6.45, 7) is 1.80. The molecule has 0 spiro atoms. The van der Waals surface area contributed by atoms with Crippen molar-refractivity contribution in [3.63, 3.8) is 0 Å². The first-order valence-electron chi connectivity index (χ1n) is 10.9. The molecule has 2 N–H and O–H groups in total. The molecule has 1 saturated carbocycles. The molecule has 33 heavy (non-hydrogen) atoms. The van der Waals surface area contributed by atoms with Crippen molar-refractivity contribution >= 4 is 33.0 Å². The Balaban J connectivity index is 1.36. The summed E-state index contributed by atoms with van der Waals surface area (Å²) in [5, 5.41) is 16.2. The minimum atomic E-state index is -4.34. The van der Waals surface area contributed by atoms with E-state index in [9.17, 15) is 18.0 Å². The van der Waals surface area contributed by atoms with Crippen LogP contribution in [0.15, 0.2) is 48.5 Å². The first-order chi connectivity index (χ1) is 15.7. The number of thiophene rings is 1. The van der Waals surface area contributed by atoms with Crippen LogP contribution in [0.4, 0.5) is 18.9 Å². The average Bonchev–Trinajstić information content (AvgIpc) is 3.26. The van der Waals surface area contributed by atoms with Crippen LogP contribution in [0.25, 0.3) is 10.1 Å². The molecule has 4 nitrogen and oxygen atoms in total. The molecule has 1 aromatic heterocycles. The number of fused-ring (bicyclic) bond motifs is 1. The van der Waals surface area contributed by atoms with Crippen molar-refractivity contribution in [3.05, 3.63) is 64.5 Å². The molecular weight excluding hydrogens is 447 g/mol. The number of nitrogens with one attached hydrogen (secondary N) is 2. The number of nitriles is 1. The van der Waals surface area contributed by atoms with E-state index in [-0.39, 0.29) is 23.9 Å². The zero-order valence-corrected chi connectivity index (χ0v) is 18.9. The molecule has 1 aliphatic carbocycles. The summed E-state index contributed by atoms with van der Waals surface area (Å²) in [5.74, 6) is -0.430. The van der Waals surface area contributed by atoms with Crippen LogP contribution in [0.3, 0.4) is 0 Å². The molecule has 1 aliphatic rings. The van der Waals surface area contributed by atoms with Gasteiger partial charge in [-0.1, -0.05) is 18.2 Å². The monoisotopic (exact) mass is 471 g/mol. The van der Waals surface area contributed by atoms with Gasteiger partial charge in [0.15, 0.2) is 0 Å². The van der Waals surface area contributed by atoms with Crippen LogP contribution in [0, 0.1) is 11.3 Å². The Morgan fingerprint density at radius 1 is 1.09 bits per heavy atom. The summed E-state index contributed by atoms with van der Waals surface area (Å²) in [6, 6.07) is 16.0. The fourth-order valence-corrected chi connectivity index (χ4v) is 5.18. The van der Waals surface area contributed by atoms with Gasteiger partial charge in [0.1, 0.15) is 4.88 Å². The summed E-state index contributed by atoms with van der Waals surface area (Å²) in [4.78, 5) is 12.1. The molecule has 0 aliphatic heterocycles. The lowest BCUT2D eigenvalue weighted by molar-refractivity contribution is -0.134. The number of nitrogens with zero attached hydrogens (tertiary/aromatic N) is 1. The van der Waals surface area contributed by atoms with Crippen molar-refractivity contribution in [1.82, 2.24) is 5.32 Å². The number of halogens is 3. The van der Waals surface area contributed by atoms with E-state index in [2.05, 4.69) is 16.7 Å². The van der Waals surface area contributed by atoms with Crippen molar-refractivity contribution < 1.29 is 18.0 Å². The second kappa shape index (κ2) is 9.44. The fourth-order valence-electron chi connectivity index (χ4n) is 4.22. The highest BCUT2D eigenvalue weighted by atomic mass is 32.1. The summed E-state index contributed by atoms with van der Waals surface area (Å²) < 4.78 is 39.9. The van der Waals surface area contributed by atoms with Gasteiger partial charge in [0, 0.05) is 33.4 Å². The number of rotatable bonds is 5. The third kappa shape index (κ3) is 5.31. The van der Waals surface area contributed by atoms with E-state index in [4.69, 9.17) is 5.26 Å². The van der Waals surface area contributed by atoms with Crippen molar-refractivity contribution in [3.8, 4) is 6.07 Å². The number of hydrogen-bond acceptors (Lipinski definition) is 4. The molecule has 1 heterocycles. The maximum absolute atomic E-state index is 13.1. The third-order valence-electron chi connectivity index (χ3n) is 6.11. The topological polar surface area (TPSA) is 64.9 Å². The minimum absolute atomic E-state index is 0.0429. The fraction of sp³-hybridized carbons (Fsp3) is 0.360. The summed E-state index contributed by atoms with van der Waals surface area (Å²) in [5.41, 5.74) is 2.07. The van der Waals surface area contributed by atoms with E-state index in [0.29, 0.717) is 15.6 Å². The molecule has 1 atom stereocenters. The van der Waals surface area contributed by atoms with E-state index in [1.807, 2.05) is 12.1 Å². The molecule has 1 fully saturated rings. The Hall–Kier alpha value is -3.05. The first-order valence-corrected chi connectivity index (χ1v) is 11.7. The van der Waals surface area contributed by atoms with Crippen LogP contribution in [0.5, 0.6) is 0 Å². The molecule has 3 aromatic rings. The van der Waals surface area contributed by atoms with Crippen molar-refractivity contribution in [2.75, 3.05) is 5.32 Å². The standard InChI is InChI=1S/C25H24F3N3OS/c1-15(14-29)16-4-2-5-17(12-16)24(32)31-19-10-8-18(9-11-19)30-21-6-3-7-22-20(21)13-23(33-22)25(26,27)28/h2-7,12-13,15,18-19,30H,8-11H2,1H3,(H,31,32)/t15?,18-,19+. The Bertz CT molecular complexity index is 1190.